The monoisotopic (exact) mass is 435 g/mol. The fourth-order valence-corrected chi connectivity index (χ4v) is 4.53. The largest absolute Gasteiger partial charge is 0.484 e. The summed E-state index contributed by atoms with van der Waals surface area (Å²) in [7, 11) is -3.48. The highest BCUT2D eigenvalue weighted by Gasteiger charge is 2.44. The summed E-state index contributed by atoms with van der Waals surface area (Å²) in [6.45, 7) is -2.12. The Morgan fingerprint density at radius 3 is 2.39 bits per heavy atom. The zero-order chi connectivity index (χ0) is 21.3. The minimum Gasteiger partial charge on any atom is -0.484 e. The topological polar surface area (TPSA) is 81.7 Å². The van der Waals surface area contributed by atoms with E-state index in [1.165, 1.54) is 0 Å². The molecule has 1 heterocycles. The minimum absolute atomic E-state index is 0.207. The molecule has 0 spiro atoms. The van der Waals surface area contributed by atoms with Gasteiger partial charge in [-0.05, 0) is 24.6 Å². The summed E-state index contributed by atoms with van der Waals surface area (Å²) in [4.78, 5) is 10.4. The number of methoxy groups -OCH3 is 1. The number of carbonyl (C=O) groups is 1. The summed E-state index contributed by atoms with van der Waals surface area (Å²) < 4.78 is 111. The summed E-state index contributed by atoms with van der Waals surface area (Å²) in [6, 6.07) is 0.482. The third kappa shape index (κ3) is 5.07. The lowest BCUT2D eigenvalue weighted by atomic mass is 10.2. The Balaban J connectivity index is 2.37. The quantitative estimate of drug-likeness (QED) is 0.565. The van der Waals surface area contributed by atoms with Crippen molar-refractivity contribution in [3.8, 4) is 5.75 Å². The molecule has 0 aromatic heterocycles. The van der Waals surface area contributed by atoms with Gasteiger partial charge in [0, 0.05) is 6.54 Å². The Hall–Kier alpha value is -2.02. The Kier molecular flexibility index (Phi) is 6.19. The van der Waals surface area contributed by atoms with Gasteiger partial charge in [0.25, 0.3) is 0 Å². The molecule has 1 N–H and O–H groups in total. The van der Waals surface area contributed by atoms with E-state index in [2.05, 4.69) is 14.8 Å². The van der Waals surface area contributed by atoms with Gasteiger partial charge in [0.05, 0.1) is 22.8 Å². The van der Waals surface area contributed by atoms with Crippen molar-refractivity contribution in [2.24, 2.45) is 0 Å². The molecule has 1 fully saturated rings. The standard InChI is InChI=1S/C15H15F6NO5S/c1-26-13(23)11-5-9(6-22-11)28(24,25)12-3-2-8(27-7-14(16,17)18)4-10(12)15(19,20)21/h2-4,9,11,22H,5-7H2,1H3. The molecule has 1 aromatic carbocycles. The molecular weight excluding hydrogens is 420 g/mol. The van der Waals surface area contributed by atoms with Crippen molar-refractivity contribution in [2.45, 2.75) is 35.0 Å². The van der Waals surface area contributed by atoms with Crippen LogP contribution in [0.5, 0.6) is 5.75 Å². The Morgan fingerprint density at radius 1 is 1.21 bits per heavy atom. The van der Waals surface area contributed by atoms with Gasteiger partial charge in [-0.2, -0.15) is 26.3 Å². The van der Waals surface area contributed by atoms with Crippen molar-refractivity contribution in [1.29, 1.82) is 0 Å². The number of halogens is 6. The zero-order valence-corrected chi connectivity index (χ0v) is 15.0. The average Bonchev–Trinajstić information content (AvgIpc) is 3.08. The average molecular weight is 435 g/mol. The summed E-state index contributed by atoms with van der Waals surface area (Å²) in [5.74, 6) is -1.54. The fourth-order valence-electron chi connectivity index (χ4n) is 2.67. The molecule has 0 saturated carbocycles. The lowest BCUT2D eigenvalue weighted by molar-refractivity contribution is -0.153. The molecule has 28 heavy (non-hydrogen) atoms. The zero-order valence-electron chi connectivity index (χ0n) is 14.2. The van der Waals surface area contributed by atoms with Crippen LogP contribution in [0.15, 0.2) is 23.1 Å². The molecule has 0 bridgehead atoms. The number of carbonyl (C=O) groups excluding carboxylic acids is 1. The first-order chi connectivity index (χ1) is 12.8. The minimum atomic E-state index is -5.16. The second-order valence-electron chi connectivity index (χ2n) is 5.95. The lowest BCUT2D eigenvalue weighted by Crippen LogP contribution is -2.31. The van der Waals surface area contributed by atoms with Crippen molar-refractivity contribution < 1.29 is 49.0 Å². The summed E-state index contributed by atoms with van der Waals surface area (Å²) in [5, 5.41) is 1.21. The van der Waals surface area contributed by atoms with Gasteiger partial charge in [0.1, 0.15) is 11.8 Å². The first-order valence-electron chi connectivity index (χ1n) is 7.71. The van der Waals surface area contributed by atoms with Gasteiger partial charge in [0.2, 0.25) is 0 Å². The number of hydrogen-bond donors (Lipinski definition) is 1. The fraction of sp³-hybridized carbons (Fsp3) is 0.533. The van der Waals surface area contributed by atoms with Crippen LogP contribution in [0.1, 0.15) is 12.0 Å². The van der Waals surface area contributed by atoms with Gasteiger partial charge >= 0.3 is 18.3 Å². The third-order valence-electron chi connectivity index (χ3n) is 3.98. The van der Waals surface area contributed by atoms with Gasteiger partial charge in [-0.25, -0.2) is 8.42 Å². The Bertz CT molecular complexity index is 836. The van der Waals surface area contributed by atoms with E-state index in [4.69, 9.17) is 0 Å². The normalized spacial score (nSPS) is 20.8. The molecule has 1 aromatic rings. The predicted molar refractivity (Wildman–Crippen MR) is 82.4 cm³/mol. The maximum Gasteiger partial charge on any atom is 0.422 e. The van der Waals surface area contributed by atoms with E-state index < -0.39 is 62.3 Å². The van der Waals surface area contributed by atoms with Crippen LogP contribution < -0.4 is 10.1 Å². The number of nitrogens with one attached hydrogen (secondary N) is 1. The molecular formula is C15H15F6NO5S. The highest BCUT2D eigenvalue weighted by Crippen LogP contribution is 2.39. The van der Waals surface area contributed by atoms with Crippen molar-refractivity contribution in [2.75, 3.05) is 20.3 Å². The molecule has 2 unspecified atom stereocenters. The van der Waals surface area contributed by atoms with Gasteiger partial charge in [-0.1, -0.05) is 0 Å². The number of rotatable bonds is 5. The summed E-state index contributed by atoms with van der Waals surface area (Å²) >= 11 is 0. The van der Waals surface area contributed by atoms with Crippen molar-refractivity contribution in [3.05, 3.63) is 23.8 Å². The molecule has 0 amide bonds. The highest BCUT2D eigenvalue weighted by molar-refractivity contribution is 7.92. The molecule has 1 saturated heterocycles. The highest BCUT2D eigenvalue weighted by atomic mass is 32.2. The Morgan fingerprint density at radius 2 is 1.86 bits per heavy atom. The lowest BCUT2D eigenvalue weighted by Gasteiger charge is -2.18. The Labute approximate surface area is 155 Å². The van der Waals surface area contributed by atoms with Crippen LogP contribution in [0.4, 0.5) is 26.3 Å². The van der Waals surface area contributed by atoms with Crippen LogP contribution in [-0.4, -0.2) is 52.1 Å². The van der Waals surface area contributed by atoms with Crippen LogP contribution in [0, 0.1) is 0 Å². The first-order valence-corrected chi connectivity index (χ1v) is 9.26. The molecule has 1 aliphatic heterocycles. The molecule has 2 atom stereocenters. The van der Waals surface area contributed by atoms with Gasteiger partial charge < -0.3 is 14.8 Å². The molecule has 1 aliphatic rings. The maximum absolute atomic E-state index is 13.3. The molecule has 2 rings (SSSR count). The second kappa shape index (κ2) is 7.78. The molecule has 6 nitrogen and oxygen atoms in total. The predicted octanol–water partition coefficient (Wildman–Crippen LogP) is 2.32. The summed E-state index contributed by atoms with van der Waals surface area (Å²) in [6.07, 6.45) is -10.2. The van der Waals surface area contributed by atoms with E-state index >= 15 is 0 Å². The van der Waals surface area contributed by atoms with Gasteiger partial charge in [-0.3, -0.25) is 4.79 Å². The van der Waals surface area contributed by atoms with Crippen molar-refractivity contribution in [3.63, 3.8) is 0 Å². The molecule has 13 heteroatoms. The molecule has 0 radical (unpaired) electrons. The number of ether oxygens (including phenoxy) is 2. The van der Waals surface area contributed by atoms with E-state index in [0.717, 1.165) is 7.11 Å². The number of hydrogen-bond acceptors (Lipinski definition) is 6. The summed E-state index contributed by atoms with van der Waals surface area (Å²) in [5.41, 5.74) is -1.64. The van der Waals surface area contributed by atoms with E-state index in [0.29, 0.717) is 12.1 Å². The van der Waals surface area contributed by atoms with Crippen LogP contribution in [0.2, 0.25) is 0 Å². The molecule has 0 aliphatic carbocycles. The third-order valence-corrected chi connectivity index (χ3v) is 6.19. The maximum atomic E-state index is 13.3. The van der Waals surface area contributed by atoms with Crippen LogP contribution in [0.25, 0.3) is 0 Å². The van der Waals surface area contributed by atoms with Crippen LogP contribution in [0.3, 0.4) is 0 Å². The SMILES string of the molecule is COC(=O)C1CC(S(=O)(=O)c2ccc(OCC(F)(F)F)cc2C(F)(F)F)CN1. The van der Waals surface area contributed by atoms with E-state index in [1.54, 1.807) is 0 Å². The van der Waals surface area contributed by atoms with Crippen LogP contribution >= 0.6 is 0 Å². The number of benzene rings is 1. The van der Waals surface area contributed by atoms with Gasteiger partial charge in [0.15, 0.2) is 16.4 Å². The van der Waals surface area contributed by atoms with Crippen molar-refractivity contribution in [1.82, 2.24) is 5.32 Å². The second-order valence-corrected chi connectivity index (χ2v) is 8.14. The van der Waals surface area contributed by atoms with Crippen LogP contribution in [-0.2, 0) is 25.5 Å². The number of alkyl halides is 6. The first kappa shape index (κ1) is 22.3. The van der Waals surface area contributed by atoms with E-state index in [9.17, 15) is 39.6 Å². The van der Waals surface area contributed by atoms with Gasteiger partial charge in [-0.15, -0.1) is 0 Å². The van der Waals surface area contributed by atoms with Crippen molar-refractivity contribution >= 4 is 15.8 Å². The van der Waals surface area contributed by atoms with E-state index in [1.807, 2.05) is 0 Å². The van der Waals surface area contributed by atoms with E-state index in [-0.39, 0.29) is 19.0 Å². The number of sulfone groups is 1. The smallest absolute Gasteiger partial charge is 0.422 e. The number of esters is 1. The molecule has 158 valence electrons.